The van der Waals surface area contributed by atoms with Crippen molar-refractivity contribution < 1.29 is 13.2 Å². The fraction of sp³-hybridized carbons (Fsp3) is 0.350. The number of nitrogens with zero attached hydrogens (tertiary/aromatic N) is 1. The lowest BCUT2D eigenvalue weighted by atomic mass is 9.79. The average Bonchev–Trinajstić information content (AvgIpc) is 2.64. The second kappa shape index (κ2) is 8.51. The maximum Gasteiger partial charge on any atom is 0.261 e. The molecule has 0 aromatic heterocycles. The molecule has 1 aliphatic heterocycles. The van der Waals surface area contributed by atoms with Crippen molar-refractivity contribution in [3.05, 3.63) is 60.2 Å². The molecule has 0 aliphatic carbocycles. The minimum absolute atomic E-state index is 0. The van der Waals surface area contributed by atoms with Gasteiger partial charge in [0, 0.05) is 30.4 Å². The lowest BCUT2D eigenvalue weighted by Gasteiger charge is -2.42. The second-order valence-electron chi connectivity index (χ2n) is 7.61. The summed E-state index contributed by atoms with van der Waals surface area (Å²) in [6.07, 6.45) is 0.749. The first-order valence-corrected chi connectivity index (χ1v) is 10.4. The first-order valence-electron chi connectivity index (χ1n) is 8.92. The van der Waals surface area contributed by atoms with Crippen LogP contribution in [-0.4, -0.2) is 38.4 Å². The summed E-state index contributed by atoms with van der Waals surface area (Å²) in [5.41, 5.74) is 6.81. The van der Waals surface area contributed by atoms with Crippen LogP contribution in [0.25, 0.3) is 0 Å². The van der Waals surface area contributed by atoms with Crippen molar-refractivity contribution in [1.29, 1.82) is 0 Å². The minimum Gasteiger partial charge on any atom is -0.338 e. The molecule has 1 unspecified atom stereocenters. The molecule has 0 spiro atoms. The number of anilines is 1. The number of amides is 1. The quantitative estimate of drug-likeness (QED) is 0.790. The number of sulfonamides is 1. The highest BCUT2D eigenvalue weighted by atomic mass is 35.5. The van der Waals surface area contributed by atoms with E-state index in [1.165, 1.54) is 12.1 Å². The molecule has 2 aromatic rings. The van der Waals surface area contributed by atoms with E-state index in [4.69, 9.17) is 5.73 Å². The van der Waals surface area contributed by atoms with Crippen molar-refractivity contribution in [2.24, 2.45) is 11.1 Å². The predicted molar refractivity (Wildman–Crippen MR) is 113 cm³/mol. The van der Waals surface area contributed by atoms with Crippen LogP contribution in [0.3, 0.4) is 0 Å². The average molecular weight is 424 g/mol. The molecule has 8 heteroatoms. The van der Waals surface area contributed by atoms with Gasteiger partial charge in [-0.15, -0.1) is 12.4 Å². The molecule has 3 rings (SSSR count). The van der Waals surface area contributed by atoms with Crippen molar-refractivity contribution in [3.8, 4) is 0 Å². The summed E-state index contributed by atoms with van der Waals surface area (Å²) >= 11 is 0. The maximum absolute atomic E-state index is 12.9. The Morgan fingerprint density at radius 1 is 1.14 bits per heavy atom. The van der Waals surface area contributed by atoms with Crippen LogP contribution in [0.4, 0.5) is 5.69 Å². The Bertz CT molecular complexity index is 933. The standard InChI is InChI=1S/C20H25N3O3S.ClH/c1-20(2)14-23(12-11-18(20)21)19(24)15-7-6-8-16(13-15)22-27(25,26)17-9-4-3-5-10-17;/h3-10,13,18,22H,11-12,14,21H2,1-2H3;1H. The number of piperidine rings is 1. The zero-order chi connectivity index (χ0) is 19.7. The number of hydrogen-bond acceptors (Lipinski definition) is 4. The van der Waals surface area contributed by atoms with Gasteiger partial charge >= 0.3 is 0 Å². The number of benzene rings is 2. The van der Waals surface area contributed by atoms with Gasteiger partial charge in [0.1, 0.15) is 0 Å². The maximum atomic E-state index is 12.9. The largest absolute Gasteiger partial charge is 0.338 e. The highest BCUT2D eigenvalue weighted by molar-refractivity contribution is 7.92. The van der Waals surface area contributed by atoms with Gasteiger partial charge in [0.2, 0.25) is 0 Å². The van der Waals surface area contributed by atoms with Crippen LogP contribution in [0.2, 0.25) is 0 Å². The monoisotopic (exact) mass is 423 g/mol. The van der Waals surface area contributed by atoms with E-state index in [1.807, 2.05) is 0 Å². The number of likely N-dealkylation sites (tertiary alicyclic amines) is 1. The zero-order valence-electron chi connectivity index (χ0n) is 16.0. The number of hydrogen-bond donors (Lipinski definition) is 2. The van der Waals surface area contributed by atoms with Crippen LogP contribution in [0.15, 0.2) is 59.5 Å². The van der Waals surface area contributed by atoms with Crippen molar-refractivity contribution in [2.45, 2.75) is 31.2 Å². The molecule has 0 bridgehead atoms. The third-order valence-electron chi connectivity index (χ3n) is 5.01. The SMILES string of the molecule is CC1(C)CN(C(=O)c2cccc(NS(=O)(=O)c3ccccc3)c2)CCC1N.Cl. The zero-order valence-corrected chi connectivity index (χ0v) is 17.6. The summed E-state index contributed by atoms with van der Waals surface area (Å²) in [6.45, 7) is 5.29. The van der Waals surface area contributed by atoms with Gasteiger partial charge in [-0.1, -0.05) is 38.1 Å². The Kier molecular flexibility index (Phi) is 6.75. The summed E-state index contributed by atoms with van der Waals surface area (Å²) in [6, 6.07) is 14.8. The molecular weight excluding hydrogens is 398 g/mol. The molecule has 3 N–H and O–H groups in total. The Morgan fingerprint density at radius 2 is 1.82 bits per heavy atom. The smallest absolute Gasteiger partial charge is 0.261 e. The van der Waals surface area contributed by atoms with Gasteiger partial charge in [-0.2, -0.15) is 0 Å². The van der Waals surface area contributed by atoms with Crippen LogP contribution >= 0.6 is 12.4 Å². The van der Waals surface area contributed by atoms with Gasteiger partial charge < -0.3 is 10.6 Å². The Morgan fingerprint density at radius 3 is 2.46 bits per heavy atom. The lowest BCUT2D eigenvalue weighted by molar-refractivity contribution is 0.0533. The van der Waals surface area contributed by atoms with Crippen LogP contribution < -0.4 is 10.5 Å². The normalized spacial score (nSPS) is 18.8. The van der Waals surface area contributed by atoms with Gasteiger partial charge in [-0.3, -0.25) is 9.52 Å². The molecule has 1 aliphatic rings. The van der Waals surface area contributed by atoms with Crippen LogP contribution in [0, 0.1) is 5.41 Å². The minimum atomic E-state index is -3.70. The second-order valence-corrected chi connectivity index (χ2v) is 9.29. The summed E-state index contributed by atoms with van der Waals surface area (Å²) in [7, 11) is -3.70. The highest BCUT2D eigenvalue weighted by Gasteiger charge is 2.35. The summed E-state index contributed by atoms with van der Waals surface area (Å²) in [4.78, 5) is 14.9. The summed E-state index contributed by atoms with van der Waals surface area (Å²) in [5, 5.41) is 0. The van der Waals surface area contributed by atoms with Crippen LogP contribution in [0.1, 0.15) is 30.6 Å². The number of nitrogens with two attached hydrogens (primary N) is 1. The number of carbonyl (C=O) groups excluding carboxylic acids is 1. The summed E-state index contributed by atoms with van der Waals surface area (Å²) < 4.78 is 27.5. The van der Waals surface area contributed by atoms with Crippen molar-refractivity contribution >= 4 is 34.0 Å². The van der Waals surface area contributed by atoms with Gasteiger partial charge in [0.15, 0.2) is 0 Å². The van der Waals surface area contributed by atoms with E-state index < -0.39 is 10.0 Å². The van der Waals surface area contributed by atoms with E-state index >= 15 is 0 Å². The van der Waals surface area contributed by atoms with Gasteiger partial charge in [0.05, 0.1) is 4.90 Å². The van der Waals surface area contributed by atoms with Crippen LogP contribution in [-0.2, 0) is 10.0 Å². The first-order chi connectivity index (χ1) is 12.7. The third-order valence-corrected chi connectivity index (χ3v) is 6.41. The van der Waals surface area contributed by atoms with Crippen molar-refractivity contribution in [2.75, 3.05) is 17.8 Å². The number of carbonyl (C=O) groups is 1. The molecule has 1 heterocycles. The number of halogens is 1. The molecule has 1 saturated heterocycles. The first kappa shape index (κ1) is 22.2. The molecule has 2 aromatic carbocycles. The molecule has 152 valence electrons. The summed E-state index contributed by atoms with van der Waals surface area (Å²) in [5.74, 6) is -0.115. The lowest BCUT2D eigenvalue weighted by Crippen LogP contribution is -2.54. The Labute approximate surface area is 172 Å². The molecule has 0 radical (unpaired) electrons. The molecule has 6 nitrogen and oxygen atoms in total. The van der Waals surface area contributed by atoms with Crippen LogP contribution in [0.5, 0.6) is 0 Å². The fourth-order valence-electron chi connectivity index (χ4n) is 3.26. The number of nitrogens with one attached hydrogen (secondary N) is 1. The van der Waals surface area contributed by atoms with E-state index in [2.05, 4.69) is 18.6 Å². The molecular formula is C20H26ClN3O3S. The van der Waals surface area contributed by atoms with E-state index in [0.29, 0.717) is 24.3 Å². The number of rotatable bonds is 4. The predicted octanol–water partition coefficient (Wildman–Crippen LogP) is 3.11. The van der Waals surface area contributed by atoms with E-state index in [1.54, 1.807) is 47.4 Å². The van der Waals surface area contributed by atoms with E-state index in [9.17, 15) is 13.2 Å². The van der Waals surface area contributed by atoms with Crippen molar-refractivity contribution in [1.82, 2.24) is 4.90 Å². The highest BCUT2D eigenvalue weighted by Crippen LogP contribution is 2.29. The fourth-order valence-corrected chi connectivity index (χ4v) is 4.33. The van der Waals surface area contributed by atoms with Gasteiger partial charge in [-0.05, 0) is 42.2 Å². The third kappa shape index (κ3) is 4.84. The van der Waals surface area contributed by atoms with E-state index in [-0.39, 0.29) is 34.7 Å². The molecule has 1 amide bonds. The van der Waals surface area contributed by atoms with E-state index in [0.717, 1.165) is 6.42 Å². The van der Waals surface area contributed by atoms with Gasteiger partial charge in [-0.25, -0.2) is 8.42 Å². The van der Waals surface area contributed by atoms with Gasteiger partial charge in [0.25, 0.3) is 15.9 Å². The topological polar surface area (TPSA) is 92.5 Å². The molecule has 28 heavy (non-hydrogen) atoms. The molecule has 0 saturated carbocycles. The Balaban J connectivity index is 0.00000280. The molecule has 1 fully saturated rings. The Hall–Kier alpha value is -2.09. The van der Waals surface area contributed by atoms with Crippen molar-refractivity contribution in [3.63, 3.8) is 0 Å². The molecule has 1 atom stereocenters.